The van der Waals surface area contributed by atoms with Crippen molar-refractivity contribution in [2.75, 3.05) is 26.7 Å². The van der Waals surface area contributed by atoms with Crippen LogP contribution in [0.1, 0.15) is 26.3 Å². The molecule has 1 unspecified atom stereocenters. The summed E-state index contributed by atoms with van der Waals surface area (Å²) in [4.78, 5) is 27.4. The Kier molecular flexibility index (Phi) is 6.27. The van der Waals surface area contributed by atoms with E-state index in [4.69, 9.17) is 4.74 Å². The molecular formula is C24H29FN2O3. The Morgan fingerprint density at radius 1 is 1.07 bits per heavy atom. The zero-order valence-corrected chi connectivity index (χ0v) is 18.0. The molecule has 5 nitrogen and oxygen atoms in total. The van der Waals surface area contributed by atoms with Gasteiger partial charge in [-0.3, -0.25) is 9.59 Å². The largest absolute Gasteiger partial charge is 0.361 e. The van der Waals surface area contributed by atoms with Crippen LogP contribution in [-0.2, 0) is 20.7 Å². The van der Waals surface area contributed by atoms with Gasteiger partial charge in [0.05, 0.1) is 13.2 Å². The summed E-state index contributed by atoms with van der Waals surface area (Å²) in [6, 6.07) is 14.1. The van der Waals surface area contributed by atoms with E-state index in [1.807, 2.05) is 45.0 Å². The molecule has 1 N–H and O–H groups in total. The van der Waals surface area contributed by atoms with Gasteiger partial charge in [0.25, 0.3) is 5.91 Å². The van der Waals surface area contributed by atoms with Crippen LogP contribution >= 0.6 is 0 Å². The second-order valence-corrected chi connectivity index (χ2v) is 8.78. The van der Waals surface area contributed by atoms with Crippen molar-refractivity contribution in [2.45, 2.75) is 32.8 Å². The average Bonchev–Trinajstić information content (AvgIpc) is 2.73. The number of carbonyl (C=O) groups excluding carboxylic acids is 2. The fraction of sp³-hybridized carbons (Fsp3) is 0.417. The van der Waals surface area contributed by atoms with Crippen molar-refractivity contribution in [3.05, 3.63) is 59.9 Å². The van der Waals surface area contributed by atoms with Crippen LogP contribution in [0.25, 0.3) is 11.1 Å². The van der Waals surface area contributed by atoms with Crippen molar-refractivity contribution in [1.29, 1.82) is 0 Å². The maximum absolute atomic E-state index is 13.2. The molecule has 1 saturated heterocycles. The van der Waals surface area contributed by atoms with E-state index in [9.17, 15) is 14.0 Å². The fourth-order valence-electron chi connectivity index (χ4n) is 3.77. The van der Waals surface area contributed by atoms with E-state index in [2.05, 4.69) is 5.32 Å². The molecule has 30 heavy (non-hydrogen) atoms. The summed E-state index contributed by atoms with van der Waals surface area (Å²) < 4.78 is 19.2. The number of halogens is 1. The summed E-state index contributed by atoms with van der Waals surface area (Å²) in [5.41, 5.74) is 1.14. The Morgan fingerprint density at radius 3 is 2.17 bits per heavy atom. The summed E-state index contributed by atoms with van der Waals surface area (Å²) in [7, 11) is 1.58. The molecule has 0 radical (unpaired) electrons. The lowest BCUT2D eigenvalue weighted by molar-refractivity contribution is -0.169. The Labute approximate surface area is 177 Å². The first-order valence-electron chi connectivity index (χ1n) is 10.1. The third kappa shape index (κ3) is 4.70. The minimum Gasteiger partial charge on any atom is -0.361 e. The van der Waals surface area contributed by atoms with Crippen molar-refractivity contribution in [1.82, 2.24) is 10.2 Å². The second kappa shape index (κ2) is 8.56. The van der Waals surface area contributed by atoms with Crippen LogP contribution in [0.3, 0.4) is 0 Å². The number of likely N-dealkylation sites (N-methyl/N-ethyl adjacent to an activating group) is 1. The molecule has 1 heterocycles. The number of rotatable bonds is 4. The minimum absolute atomic E-state index is 0.00531. The van der Waals surface area contributed by atoms with Crippen LogP contribution in [-0.4, -0.2) is 49.1 Å². The topological polar surface area (TPSA) is 58.6 Å². The van der Waals surface area contributed by atoms with E-state index < -0.39 is 11.0 Å². The molecule has 160 valence electrons. The number of ether oxygens (including phenoxy) is 1. The van der Waals surface area contributed by atoms with Crippen LogP contribution in [0.15, 0.2) is 48.5 Å². The molecule has 0 aliphatic carbocycles. The zero-order chi connectivity index (χ0) is 21.9. The molecule has 2 amide bonds. The first kappa shape index (κ1) is 22.0. The van der Waals surface area contributed by atoms with Crippen LogP contribution < -0.4 is 5.32 Å². The smallest absolute Gasteiger partial charge is 0.254 e. The summed E-state index contributed by atoms with van der Waals surface area (Å²) in [5.74, 6) is -0.506. The normalized spacial score (nSPS) is 19.4. The maximum atomic E-state index is 13.2. The van der Waals surface area contributed by atoms with Gasteiger partial charge in [-0.2, -0.15) is 0 Å². The number of hydrogen-bond donors (Lipinski definition) is 1. The highest BCUT2D eigenvalue weighted by Gasteiger charge is 2.45. The first-order chi connectivity index (χ1) is 14.1. The number of nitrogens with one attached hydrogen (secondary N) is 1. The second-order valence-electron chi connectivity index (χ2n) is 8.78. The summed E-state index contributed by atoms with van der Waals surface area (Å²) in [6.45, 7) is 6.62. The third-order valence-electron chi connectivity index (χ3n) is 5.38. The van der Waals surface area contributed by atoms with Gasteiger partial charge in [0.2, 0.25) is 5.91 Å². The molecule has 0 saturated carbocycles. The monoisotopic (exact) mass is 412 g/mol. The number of amides is 2. The van der Waals surface area contributed by atoms with E-state index in [-0.39, 0.29) is 24.2 Å². The maximum Gasteiger partial charge on any atom is 0.254 e. The predicted molar refractivity (Wildman–Crippen MR) is 114 cm³/mol. The first-order valence-corrected chi connectivity index (χ1v) is 10.1. The van der Waals surface area contributed by atoms with E-state index >= 15 is 0 Å². The standard InChI is InChI=1S/C24H29FN2O3/c1-23(2,3)22(29)27-13-14-30-24(16-27,21(28)26-4)15-17-5-7-18(8-6-17)19-9-11-20(25)12-10-19/h5-12H,13-16H2,1-4H3,(H,26,28). The SMILES string of the molecule is CNC(=O)C1(Cc2ccc(-c3ccc(F)cc3)cc2)CN(C(=O)C(C)(C)C)CCO1. The van der Waals surface area contributed by atoms with E-state index in [0.29, 0.717) is 19.6 Å². The van der Waals surface area contributed by atoms with Crippen LogP contribution in [0, 0.1) is 11.2 Å². The summed E-state index contributed by atoms with van der Waals surface area (Å²) in [6.07, 6.45) is 0.351. The molecule has 1 aliphatic rings. The average molecular weight is 413 g/mol. The number of benzene rings is 2. The van der Waals surface area contributed by atoms with Crippen molar-refractivity contribution in [3.63, 3.8) is 0 Å². The van der Waals surface area contributed by atoms with E-state index in [1.54, 1.807) is 24.1 Å². The van der Waals surface area contributed by atoms with Gasteiger partial charge in [-0.15, -0.1) is 0 Å². The number of carbonyl (C=O) groups is 2. The Balaban J connectivity index is 1.83. The van der Waals surface area contributed by atoms with Crippen molar-refractivity contribution in [2.24, 2.45) is 5.41 Å². The van der Waals surface area contributed by atoms with Gasteiger partial charge in [-0.05, 0) is 28.8 Å². The number of morpholine rings is 1. The highest BCUT2D eigenvalue weighted by molar-refractivity contribution is 5.88. The summed E-state index contributed by atoms with van der Waals surface area (Å²) in [5, 5.41) is 2.70. The molecule has 1 atom stereocenters. The van der Waals surface area contributed by atoms with Gasteiger partial charge in [-0.1, -0.05) is 57.2 Å². The van der Waals surface area contributed by atoms with Gasteiger partial charge < -0.3 is 15.0 Å². The minimum atomic E-state index is -1.13. The lowest BCUT2D eigenvalue weighted by Gasteiger charge is -2.43. The highest BCUT2D eigenvalue weighted by Crippen LogP contribution is 2.28. The molecule has 2 aromatic carbocycles. The molecule has 0 spiro atoms. The molecular weight excluding hydrogens is 383 g/mol. The molecule has 2 aromatic rings. The van der Waals surface area contributed by atoms with Gasteiger partial charge >= 0.3 is 0 Å². The molecule has 1 fully saturated rings. The van der Waals surface area contributed by atoms with E-state index in [0.717, 1.165) is 16.7 Å². The molecule has 0 aromatic heterocycles. The lowest BCUT2D eigenvalue weighted by atomic mass is 9.88. The number of hydrogen-bond acceptors (Lipinski definition) is 3. The third-order valence-corrected chi connectivity index (χ3v) is 5.38. The fourth-order valence-corrected chi connectivity index (χ4v) is 3.77. The van der Waals surface area contributed by atoms with Gasteiger partial charge in [-0.25, -0.2) is 4.39 Å². The highest BCUT2D eigenvalue weighted by atomic mass is 19.1. The lowest BCUT2D eigenvalue weighted by Crippen LogP contribution is -2.62. The van der Waals surface area contributed by atoms with Crippen molar-refractivity contribution < 1.29 is 18.7 Å². The van der Waals surface area contributed by atoms with Crippen LogP contribution in [0.2, 0.25) is 0 Å². The molecule has 6 heteroatoms. The van der Waals surface area contributed by atoms with Crippen molar-refractivity contribution >= 4 is 11.8 Å². The van der Waals surface area contributed by atoms with E-state index in [1.165, 1.54) is 12.1 Å². The quantitative estimate of drug-likeness (QED) is 0.837. The number of nitrogens with zero attached hydrogens (tertiary/aromatic N) is 1. The zero-order valence-electron chi connectivity index (χ0n) is 18.0. The van der Waals surface area contributed by atoms with Gasteiger partial charge in [0, 0.05) is 25.4 Å². The Bertz CT molecular complexity index is 904. The Morgan fingerprint density at radius 2 is 1.63 bits per heavy atom. The Hall–Kier alpha value is -2.73. The van der Waals surface area contributed by atoms with Crippen LogP contribution in [0.5, 0.6) is 0 Å². The van der Waals surface area contributed by atoms with Crippen LogP contribution in [0.4, 0.5) is 4.39 Å². The van der Waals surface area contributed by atoms with Crippen molar-refractivity contribution in [3.8, 4) is 11.1 Å². The van der Waals surface area contributed by atoms with Gasteiger partial charge in [0.15, 0.2) is 5.60 Å². The van der Waals surface area contributed by atoms with Gasteiger partial charge in [0.1, 0.15) is 5.82 Å². The summed E-state index contributed by atoms with van der Waals surface area (Å²) >= 11 is 0. The molecule has 0 bridgehead atoms. The predicted octanol–water partition coefficient (Wildman–Crippen LogP) is 3.42. The molecule has 1 aliphatic heterocycles. The molecule has 3 rings (SSSR count).